The van der Waals surface area contributed by atoms with Crippen LogP contribution in [-0.4, -0.2) is 0 Å². The van der Waals surface area contributed by atoms with Gasteiger partial charge in [0.25, 0.3) is 0 Å². The zero-order chi connectivity index (χ0) is 22.5. The number of hydrogen-bond acceptors (Lipinski definition) is 0. The SMILES string of the molecule is CCC1=C[CH]([Ti]([CH2]c2ccccc2)([CH2]c2ccccc2)[CH2]c2ccccc2)C2=C1CCCC2. The summed E-state index contributed by atoms with van der Waals surface area (Å²) in [5, 5.41) is 0. The van der Waals surface area contributed by atoms with Crippen LogP contribution >= 0.6 is 0 Å². The van der Waals surface area contributed by atoms with Crippen LogP contribution in [0.4, 0.5) is 0 Å². The van der Waals surface area contributed by atoms with Crippen molar-refractivity contribution in [1.82, 2.24) is 0 Å². The van der Waals surface area contributed by atoms with Gasteiger partial charge in [-0.3, -0.25) is 0 Å². The van der Waals surface area contributed by atoms with Crippen molar-refractivity contribution in [1.29, 1.82) is 0 Å². The molecule has 1 heteroatoms. The first-order valence-electron chi connectivity index (χ1n) is 12.8. The molecule has 0 fully saturated rings. The first kappa shape index (κ1) is 22.6. The first-order valence-corrected chi connectivity index (χ1v) is 17.0. The summed E-state index contributed by atoms with van der Waals surface area (Å²) in [5.74, 6) is 0. The average Bonchev–Trinajstić information content (AvgIpc) is 3.25. The fraction of sp³-hybridized carbons (Fsp3) is 0.312. The maximum atomic E-state index is 2.78. The van der Waals surface area contributed by atoms with Crippen molar-refractivity contribution in [2.75, 3.05) is 0 Å². The van der Waals surface area contributed by atoms with E-state index in [4.69, 9.17) is 0 Å². The standard InChI is InChI=1S/C11H15.3C7H7.Ti/c1-2-9-7-8-10-5-3-4-6-11(9)10;3*1-7-5-3-2-4-6-7;/h7-8H,2-6H2,1H3;3*2-6H,1H2;. The molecular weight excluding hydrogens is 432 g/mol. The number of rotatable bonds is 8. The van der Waals surface area contributed by atoms with Gasteiger partial charge < -0.3 is 0 Å². The van der Waals surface area contributed by atoms with Gasteiger partial charge in [0.1, 0.15) is 0 Å². The van der Waals surface area contributed by atoms with E-state index in [1.54, 1.807) is 27.8 Å². The third kappa shape index (κ3) is 5.03. The molecule has 0 aliphatic heterocycles. The van der Waals surface area contributed by atoms with E-state index in [0.29, 0.717) is 4.22 Å². The molecule has 3 aromatic rings. The van der Waals surface area contributed by atoms with Gasteiger partial charge in [-0.05, 0) is 0 Å². The van der Waals surface area contributed by atoms with Gasteiger partial charge in [0.2, 0.25) is 0 Å². The number of allylic oxidation sites excluding steroid dienone is 4. The molecule has 0 saturated carbocycles. The Balaban J connectivity index is 1.66. The molecule has 2 aliphatic rings. The van der Waals surface area contributed by atoms with Crippen LogP contribution in [0.2, 0.25) is 4.22 Å². The van der Waals surface area contributed by atoms with Crippen LogP contribution in [0.5, 0.6) is 0 Å². The van der Waals surface area contributed by atoms with E-state index in [2.05, 4.69) is 104 Å². The molecule has 2 aliphatic carbocycles. The molecule has 0 radical (unpaired) electrons. The van der Waals surface area contributed by atoms with Crippen molar-refractivity contribution in [3.05, 3.63) is 130 Å². The molecule has 0 amide bonds. The molecule has 3 aromatic carbocycles. The normalized spacial score (nSPS) is 18.2. The van der Waals surface area contributed by atoms with E-state index in [0.717, 1.165) is 0 Å². The molecule has 5 rings (SSSR count). The minimum atomic E-state index is -2.59. The Morgan fingerprint density at radius 3 is 1.55 bits per heavy atom. The number of hydrogen-bond donors (Lipinski definition) is 0. The fourth-order valence-corrected chi connectivity index (χ4v) is 15.5. The Hall–Kier alpha value is -2.15. The summed E-state index contributed by atoms with van der Waals surface area (Å²) in [6, 6.07) is 34.2. The zero-order valence-corrected chi connectivity index (χ0v) is 21.5. The molecule has 1 atom stereocenters. The molecule has 33 heavy (non-hydrogen) atoms. The number of benzene rings is 3. The van der Waals surface area contributed by atoms with E-state index < -0.39 is 16.6 Å². The van der Waals surface area contributed by atoms with Gasteiger partial charge in [-0.25, -0.2) is 0 Å². The van der Waals surface area contributed by atoms with Gasteiger partial charge >= 0.3 is 204 Å². The van der Waals surface area contributed by atoms with Crippen molar-refractivity contribution in [2.45, 2.75) is 57.4 Å². The molecule has 0 bridgehead atoms. The summed E-state index contributed by atoms with van der Waals surface area (Å²) in [6.45, 7) is 2.37. The van der Waals surface area contributed by atoms with Crippen LogP contribution in [0.3, 0.4) is 0 Å². The predicted molar refractivity (Wildman–Crippen MR) is 138 cm³/mol. The minimum absolute atomic E-state index is 0.705. The van der Waals surface area contributed by atoms with Crippen molar-refractivity contribution in [3.8, 4) is 0 Å². The Morgan fingerprint density at radius 1 is 0.636 bits per heavy atom. The molecule has 0 nitrogen and oxygen atoms in total. The van der Waals surface area contributed by atoms with E-state index in [1.165, 1.54) is 46.3 Å². The third-order valence-corrected chi connectivity index (χ3v) is 16.0. The van der Waals surface area contributed by atoms with Crippen LogP contribution in [0, 0.1) is 0 Å². The monoisotopic (exact) mass is 468 g/mol. The molecule has 168 valence electrons. The Bertz CT molecular complexity index is 1010. The zero-order valence-electron chi connectivity index (χ0n) is 20.0. The third-order valence-electron chi connectivity index (χ3n) is 7.88. The fourth-order valence-electron chi connectivity index (χ4n) is 6.44. The van der Waals surface area contributed by atoms with E-state index >= 15 is 0 Å². The van der Waals surface area contributed by atoms with Crippen molar-refractivity contribution >= 4 is 0 Å². The van der Waals surface area contributed by atoms with Gasteiger partial charge in [0.15, 0.2) is 0 Å². The topological polar surface area (TPSA) is 0 Å². The molecular formula is C32H36Ti. The predicted octanol–water partition coefficient (Wildman–Crippen LogP) is 8.75. The quantitative estimate of drug-likeness (QED) is 0.290. The Labute approximate surface area is 203 Å². The van der Waals surface area contributed by atoms with Crippen LogP contribution in [0.15, 0.2) is 114 Å². The summed E-state index contributed by atoms with van der Waals surface area (Å²) in [5.41, 5.74) is 9.92. The van der Waals surface area contributed by atoms with E-state index in [1.807, 2.05) is 5.57 Å². The molecule has 0 saturated heterocycles. The summed E-state index contributed by atoms with van der Waals surface area (Å²) in [4.78, 5) is 0. The summed E-state index contributed by atoms with van der Waals surface area (Å²) < 4.78 is 4.58. The van der Waals surface area contributed by atoms with Gasteiger partial charge in [-0.15, -0.1) is 0 Å². The second kappa shape index (κ2) is 10.4. The molecule has 0 spiro atoms. The van der Waals surface area contributed by atoms with Gasteiger partial charge in [0, 0.05) is 0 Å². The van der Waals surface area contributed by atoms with Gasteiger partial charge in [0.05, 0.1) is 0 Å². The van der Waals surface area contributed by atoms with E-state index in [-0.39, 0.29) is 0 Å². The van der Waals surface area contributed by atoms with Crippen LogP contribution < -0.4 is 0 Å². The van der Waals surface area contributed by atoms with Crippen LogP contribution in [0.25, 0.3) is 0 Å². The second-order valence-corrected chi connectivity index (χ2v) is 17.0. The average molecular weight is 469 g/mol. The molecule has 0 N–H and O–H groups in total. The Morgan fingerprint density at radius 2 is 1.09 bits per heavy atom. The summed E-state index contributed by atoms with van der Waals surface area (Å²) in [7, 11) is 0. The molecule has 0 heterocycles. The van der Waals surface area contributed by atoms with Gasteiger partial charge in [-0.1, -0.05) is 0 Å². The molecule has 0 aromatic heterocycles. The second-order valence-electron chi connectivity index (χ2n) is 10.1. The van der Waals surface area contributed by atoms with Crippen LogP contribution in [-0.2, 0) is 30.8 Å². The van der Waals surface area contributed by atoms with Crippen molar-refractivity contribution in [2.24, 2.45) is 0 Å². The summed E-state index contributed by atoms with van der Waals surface area (Å²) in [6.07, 6.45) is 9.36. The first-order chi connectivity index (χ1) is 16.3. The molecule has 1 unspecified atom stereocenters. The van der Waals surface area contributed by atoms with Crippen molar-refractivity contribution in [3.63, 3.8) is 0 Å². The van der Waals surface area contributed by atoms with E-state index in [9.17, 15) is 0 Å². The van der Waals surface area contributed by atoms with Crippen molar-refractivity contribution < 1.29 is 16.6 Å². The summed E-state index contributed by atoms with van der Waals surface area (Å²) >= 11 is -2.59. The maximum absolute atomic E-state index is 2.78. The van der Waals surface area contributed by atoms with Crippen LogP contribution in [0.1, 0.15) is 55.7 Å². The Kier molecular flexibility index (Phi) is 7.14. The van der Waals surface area contributed by atoms with Gasteiger partial charge in [-0.2, -0.15) is 0 Å².